The molecule has 0 aliphatic heterocycles. The second-order valence-electron chi connectivity index (χ2n) is 3.99. The highest BCUT2D eigenvalue weighted by molar-refractivity contribution is 6.31. The number of nitrogens with one attached hydrogen (secondary N) is 1. The maximum absolute atomic E-state index is 10.8. The van der Waals surface area contributed by atoms with E-state index in [-0.39, 0.29) is 5.56 Å². The third-order valence-corrected chi connectivity index (χ3v) is 2.92. The molecular weight excluding hydrogens is 266 g/mol. The summed E-state index contributed by atoms with van der Waals surface area (Å²) in [6.07, 6.45) is 1.53. The summed E-state index contributed by atoms with van der Waals surface area (Å²) in [4.78, 5) is 22.3. The van der Waals surface area contributed by atoms with E-state index in [1.807, 2.05) is 0 Å². The average molecular weight is 274 g/mol. The van der Waals surface area contributed by atoms with Crippen molar-refractivity contribution in [3.05, 3.63) is 47.1 Å². The second-order valence-corrected chi connectivity index (χ2v) is 4.43. The van der Waals surface area contributed by atoms with E-state index in [0.29, 0.717) is 16.5 Å². The lowest BCUT2D eigenvalue weighted by molar-refractivity contribution is 0.0697. The van der Waals surface area contributed by atoms with Crippen LogP contribution in [0, 0.1) is 0 Å². The van der Waals surface area contributed by atoms with Crippen molar-refractivity contribution in [1.29, 1.82) is 0 Å². The minimum absolute atomic E-state index is 0.237. The topological polar surface area (TPSA) is 78.9 Å². The van der Waals surface area contributed by atoms with Gasteiger partial charge >= 0.3 is 5.97 Å². The predicted molar refractivity (Wildman–Crippen MR) is 71.3 cm³/mol. The quantitative estimate of drug-likeness (QED) is 0.752. The molecular formula is C13H8ClN3O2. The lowest BCUT2D eigenvalue weighted by Crippen LogP contribution is -1.95. The van der Waals surface area contributed by atoms with Crippen molar-refractivity contribution >= 4 is 28.7 Å². The van der Waals surface area contributed by atoms with Gasteiger partial charge in [0.1, 0.15) is 5.82 Å². The zero-order valence-corrected chi connectivity index (χ0v) is 10.3. The van der Waals surface area contributed by atoms with Crippen LogP contribution in [-0.4, -0.2) is 26.0 Å². The van der Waals surface area contributed by atoms with Gasteiger partial charge in [0.2, 0.25) is 0 Å². The minimum Gasteiger partial charge on any atom is -0.478 e. The first-order valence-electron chi connectivity index (χ1n) is 5.48. The third kappa shape index (κ3) is 2.15. The molecule has 6 heteroatoms. The third-order valence-electron chi connectivity index (χ3n) is 2.71. The Hall–Kier alpha value is -2.40. The first-order chi connectivity index (χ1) is 9.13. The summed E-state index contributed by atoms with van der Waals surface area (Å²) in [6, 6.07) is 8.20. The number of pyridine rings is 1. The summed E-state index contributed by atoms with van der Waals surface area (Å²) < 4.78 is 0. The van der Waals surface area contributed by atoms with Gasteiger partial charge in [-0.15, -0.1) is 0 Å². The molecule has 2 N–H and O–H groups in total. The molecule has 0 unspecified atom stereocenters. The molecule has 3 rings (SSSR count). The Morgan fingerprint density at radius 3 is 2.68 bits per heavy atom. The minimum atomic E-state index is -0.954. The summed E-state index contributed by atoms with van der Waals surface area (Å²) in [7, 11) is 0. The van der Waals surface area contributed by atoms with Crippen molar-refractivity contribution < 1.29 is 9.90 Å². The summed E-state index contributed by atoms with van der Waals surface area (Å²) in [5.41, 5.74) is 2.34. The number of benzene rings is 1. The monoisotopic (exact) mass is 273 g/mol. The van der Waals surface area contributed by atoms with E-state index >= 15 is 0 Å². The number of aromatic carboxylic acids is 1. The molecule has 2 heterocycles. The number of carboxylic acids is 1. The normalized spacial score (nSPS) is 10.8. The van der Waals surface area contributed by atoms with Crippen LogP contribution in [0.5, 0.6) is 0 Å². The van der Waals surface area contributed by atoms with Crippen LogP contribution in [0.1, 0.15) is 10.4 Å². The van der Waals surface area contributed by atoms with Gasteiger partial charge in [0.05, 0.1) is 16.1 Å². The number of aromatic nitrogens is 3. The maximum atomic E-state index is 10.8. The first-order valence-corrected chi connectivity index (χ1v) is 5.86. The van der Waals surface area contributed by atoms with Crippen molar-refractivity contribution in [3.8, 4) is 11.4 Å². The predicted octanol–water partition coefficient (Wildman–Crippen LogP) is 2.98. The first kappa shape index (κ1) is 11.7. The summed E-state index contributed by atoms with van der Waals surface area (Å²) in [6.45, 7) is 0. The number of hydrogen-bond acceptors (Lipinski definition) is 3. The van der Waals surface area contributed by atoms with Crippen molar-refractivity contribution in [3.63, 3.8) is 0 Å². The number of carboxylic acid groups (broad SMARTS) is 1. The summed E-state index contributed by atoms with van der Waals surface area (Å²) >= 11 is 5.85. The van der Waals surface area contributed by atoms with E-state index in [1.54, 1.807) is 18.2 Å². The van der Waals surface area contributed by atoms with Crippen molar-refractivity contribution in [2.75, 3.05) is 0 Å². The number of nitrogens with zero attached hydrogens (tertiary/aromatic N) is 2. The molecule has 2 aromatic heterocycles. The highest BCUT2D eigenvalue weighted by Gasteiger charge is 2.08. The molecule has 1 aromatic carbocycles. The van der Waals surface area contributed by atoms with Crippen LogP contribution >= 0.6 is 11.6 Å². The molecule has 0 spiro atoms. The number of hydrogen-bond donors (Lipinski definition) is 2. The van der Waals surface area contributed by atoms with E-state index in [4.69, 9.17) is 16.7 Å². The number of fused-ring (bicyclic) bond motifs is 1. The number of H-pyrrole nitrogens is 1. The van der Waals surface area contributed by atoms with E-state index < -0.39 is 5.97 Å². The molecule has 0 atom stereocenters. The van der Waals surface area contributed by atoms with Crippen LogP contribution < -0.4 is 0 Å². The van der Waals surface area contributed by atoms with Gasteiger partial charge in [0.15, 0.2) is 5.65 Å². The number of halogens is 1. The van der Waals surface area contributed by atoms with Gasteiger partial charge in [-0.05, 0) is 18.2 Å². The Bertz CT molecular complexity index is 765. The Labute approximate surface area is 112 Å². The average Bonchev–Trinajstić information content (AvgIpc) is 2.81. The maximum Gasteiger partial charge on any atom is 0.335 e. The Balaban J connectivity index is 2.06. The highest BCUT2D eigenvalue weighted by atomic mass is 35.5. The Kier molecular flexibility index (Phi) is 2.68. The number of imidazole rings is 1. The number of carbonyl (C=O) groups is 1. The molecule has 0 saturated heterocycles. The van der Waals surface area contributed by atoms with Gasteiger partial charge in [-0.1, -0.05) is 23.7 Å². The van der Waals surface area contributed by atoms with Crippen molar-refractivity contribution in [2.24, 2.45) is 0 Å². The molecule has 3 aromatic rings. The standard InChI is InChI=1S/C13H8ClN3O2/c14-9-5-10-12(15-6-9)17-11(16-10)7-1-3-8(4-2-7)13(18)19/h1-6H,(H,18,19)(H,15,16,17). The summed E-state index contributed by atoms with van der Waals surface area (Å²) in [5.74, 6) is -0.327. The second kappa shape index (κ2) is 4.37. The zero-order valence-electron chi connectivity index (χ0n) is 9.59. The van der Waals surface area contributed by atoms with Gasteiger partial charge < -0.3 is 10.1 Å². The molecule has 19 heavy (non-hydrogen) atoms. The fourth-order valence-corrected chi connectivity index (χ4v) is 1.94. The fourth-order valence-electron chi connectivity index (χ4n) is 1.78. The molecule has 0 saturated carbocycles. The van der Waals surface area contributed by atoms with Gasteiger partial charge in [0, 0.05) is 11.8 Å². The highest BCUT2D eigenvalue weighted by Crippen LogP contribution is 2.21. The zero-order chi connectivity index (χ0) is 13.4. The van der Waals surface area contributed by atoms with Crippen molar-refractivity contribution in [2.45, 2.75) is 0 Å². The van der Waals surface area contributed by atoms with Crippen LogP contribution in [0.3, 0.4) is 0 Å². The van der Waals surface area contributed by atoms with Crippen LogP contribution in [0.4, 0.5) is 0 Å². The van der Waals surface area contributed by atoms with Gasteiger partial charge in [-0.25, -0.2) is 14.8 Å². The van der Waals surface area contributed by atoms with E-state index in [2.05, 4.69) is 15.0 Å². The van der Waals surface area contributed by atoms with E-state index in [9.17, 15) is 4.79 Å². The molecule has 5 nitrogen and oxygen atoms in total. The molecule has 0 fully saturated rings. The smallest absolute Gasteiger partial charge is 0.335 e. The van der Waals surface area contributed by atoms with Crippen LogP contribution in [0.25, 0.3) is 22.6 Å². The number of aromatic amines is 1. The van der Waals surface area contributed by atoms with Gasteiger partial charge in [-0.3, -0.25) is 0 Å². The summed E-state index contributed by atoms with van der Waals surface area (Å²) in [5, 5.41) is 9.37. The van der Waals surface area contributed by atoms with E-state index in [1.165, 1.54) is 18.3 Å². The van der Waals surface area contributed by atoms with Crippen LogP contribution in [0.2, 0.25) is 5.02 Å². The lowest BCUT2D eigenvalue weighted by atomic mass is 10.1. The van der Waals surface area contributed by atoms with Gasteiger partial charge in [0.25, 0.3) is 0 Å². The molecule has 0 amide bonds. The van der Waals surface area contributed by atoms with Crippen molar-refractivity contribution in [1.82, 2.24) is 15.0 Å². The molecule has 94 valence electrons. The molecule has 0 aliphatic carbocycles. The fraction of sp³-hybridized carbons (Fsp3) is 0. The largest absolute Gasteiger partial charge is 0.478 e. The van der Waals surface area contributed by atoms with Crippen LogP contribution in [0.15, 0.2) is 36.5 Å². The Morgan fingerprint density at radius 2 is 2.00 bits per heavy atom. The lowest BCUT2D eigenvalue weighted by Gasteiger charge is -1.97. The number of rotatable bonds is 2. The van der Waals surface area contributed by atoms with Gasteiger partial charge in [-0.2, -0.15) is 0 Å². The molecule has 0 bridgehead atoms. The van der Waals surface area contributed by atoms with E-state index in [0.717, 1.165) is 11.1 Å². The molecule has 0 aliphatic rings. The molecule has 0 radical (unpaired) electrons. The SMILES string of the molecule is O=C(O)c1ccc(-c2nc3ncc(Cl)cc3[nH]2)cc1. The van der Waals surface area contributed by atoms with Crippen LogP contribution in [-0.2, 0) is 0 Å². The Morgan fingerprint density at radius 1 is 1.26 bits per heavy atom.